The first-order valence-corrected chi connectivity index (χ1v) is 4.53. The molecule has 0 bridgehead atoms. The summed E-state index contributed by atoms with van der Waals surface area (Å²) in [5, 5.41) is 3.09. The van der Waals surface area contributed by atoms with Gasteiger partial charge in [-0.3, -0.25) is 0 Å². The van der Waals surface area contributed by atoms with Crippen molar-refractivity contribution < 1.29 is 0 Å². The van der Waals surface area contributed by atoms with Crippen LogP contribution in [-0.2, 0) is 0 Å². The van der Waals surface area contributed by atoms with E-state index in [1.54, 1.807) is 0 Å². The number of nitrogens with one attached hydrogen (secondary N) is 1. The van der Waals surface area contributed by atoms with Crippen molar-refractivity contribution in [3.8, 4) is 0 Å². The SMILES string of the molecule is C=C(CC)/C(=C\C(S)=C/C)NC. The Morgan fingerprint density at radius 3 is 2.50 bits per heavy atom. The van der Waals surface area contributed by atoms with Gasteiger partial charge in [-0.05, 0) is 25.0 Å². The summed E-state index contributed by atoms with van der Waals surface area (Å²) in [6, 6.07) is 0. The van der Waals surface area contributed by atoms with Crippen LogP contribution < -0.4 is 5.32 Å². The molecule has 0 aromatic carbocycles. The third-order valence-electron chi connectivity index (χ3n) is 1.67. The first-order valence-electron chi connectivity index (χ1n) is 4.08. The van der Waals surface area contributed by atoms with Crippen LogP contribution in [0.4, 0.5) is 0 Å². The molecule has 0 aliphatic rings. The van der Waals surface area contributed by atoms with Crippen molar-refractivity contribution in [2.75, 3.05) is 7.05 Å². The molecule has 0 aromatic heterocycles. The smallest absolute Gasteiger partial charge is 0.0375 e. The van der Waals surface area contributed by atoms with Gasteiger partial charge in [-0.2, -0.15) is 0 Å². The average Bonchev–Trinajstić information content (AvgIpc) is 2.12. The number of rotatable bonds is 4. The van der Waals surface area contributed by atoms with Gasteiger partial charge >= 0.3 is 0 Å². The maximum absolute atomic E-state index is 4.26. The Morgan fingerprint density at radius 1 is 1.58 bits per heavy atom. The Morgan fingerprint density at radius 2 is 2.17 bits per heavy atom. The fourth-order valence-corrected chi connectivity index (χ4v) is 0.902. The van der Waals surface area contributed by atoms with Crippen LogP contribution in [0, 0.1) is 0 Å². The Kier molecular flexibility index (Phi) is 5.64. The monoisotopic (exact) mass is 183 g/mol. The van der Waals surface area contributed by atoms with Gasteiger partial charge in [0.1, 0.15) is 0 Å². The van der Waals surface area contributed by atoms with Crippen molar-refractivity contribution in [1.29, 1.82) is 0 Å². The molecule has 0 aliphatic heterocycles. The molecule has 0 aliphatic carbocycles. The minimum absolute atomic E-state index is 0.953. The molecule has 0 amide bonds. The van der Waals surface area contributed by atoms with Crippen LogP contribution in [0.1, 0.15) is 20.3 Å². The van der Waals surface area contributed by atoms with Gasteiger partial charge in [0.15, 0.2) is 0 Å². The van der Waals surface area contributed by atoms with E-state index in [0.717, 1.165) is 22.6 Å². The molecule has 0 saturated heterocycles. The first kappa shape index (κ1) is 11.4. The van der Waals surface area contributed by atoms with E-state index in [-0.39, 0.29) is 0 Å². The topological polar surface area (TPSA) is 12.0 Å². The van der Waals surface area contributed by atoms with E-state index >= 15 is 0 Å². The lowest BCUT2D eigenvalue weighted by Crippen LogP contribution is -2.07. The molecule has 0 aromatic rings. The van der Waals surface area contributed by atoms with Crippen molar-refractivity contribution in [3.63, 3.8) is 0 Å². The maximum atomic E-state index is 4.26. The van der Waals surface area contributed by atoms with Crippen molar-refractivity contribution >= 4 is 12.6 Å². The second kappa shape index (κ2) is 5.95. The molecule has 0 fully saturated rings. The molecule has 2 heteroatoms. The van der Waals surface area contributed by atoms with E-state index < -0.39 is 0 Å². The van der Waals surface area contributed by atoms with E-state index in [4.69, 9.17) is 0 Å². The molecule has 12 heavy (non-hydrogen) atoms. The van der Waals surface area contributed by atoms with E-state index in [9.17, 15) is 0 Å². The van der Waals surface area contributed by atoms with Gasteiger partial charge < -0.3 is 5.32 Å². The van der Waals surface area contributed by atoms with E-state index in [2.05, 4.69) is 31.4 Å². The molecule has 0 radical (unpaired) electrons. The third kappa shape index (κ3) is 3.67. The third-order valence-corrected chi connectivity index (χ3v) is 2.05. The summed E-state index contributed by atoms with van der Waals surface area (Å²) in [5.41, 5.74) is 2.16. The predicted octanol–water partition coefficient (Wildman–Crippen LogP) is 2.89. The molecule has 0 spiro atoms. The van der Waals surface area contributed by atoms with Gasteiger partial charge in [0, 0.05) is 17.6 Å². The van der Waals surface area contributed by atoms with Crippen LogP contribution >= 0.6 is 12.6 Å². The molecule has 0 unspecified atom stereocenters. The summed E-state index contributed by atoms with van der Waals surface area (Å²) in [5.74, 6) is 0. The summed E-state index contributed by atoms with van der Waals surface area (Å²) in [4.78, 5) is 0.953. The number of hydrogen-bond acceptors (Lipinski definition) is 2. The highest BCUT2D eigenvalue weighted by Crippen LogP contribution is 2.12. The lowest BCUT2D eigenvalue weighted by atomic mass is 10.1. The number of allylic oxidation sites excluding steroid dienone is 3. The molecule has 68 valence electrons. The van der Waals surface area contributed by atoms with Crippen LogP contribution in [0.15, 0.2) is 34.9 Å². The fraction of sp³-hybridized carbons (Fsp3) is 0.400. The van der Waals surface area contributed by atoms with Gasteiger partial charge in [-0.1, -0.05) is 19.6 Å². The molecule has 1 N–H and O–H groups in total. The summed E-state index contributed by atoms with van der Waals surface area (Å²) < 4.78 is 0. The average molecular weight is 183 g/mol. The quantitative estimate of drug-likeness (QED) is 0.504. The standard InChI is InChI=1S/C10H17NS/c1-5-8(3)10(11-4)7-9(12)6-2/h6-7,11-12H,3,5H2,1-2,4H3/b9-6+,10-7+. The number of likely N-dealkylation sites (N-methyl/N-ethyl adjacent to an activating group) is 1. The highest BCUT2D eigenvalue weighted by molar-refractivity contribution is 7.84. The van der Waals surface area contributed by atoms with Crippen molar-refractivity contribution in [3.05, 3.63) is 34.9 Å². The largest absolute Gasteiger partial charge is 0.388 e. The Bertz CT molecular complexity index is 214. The normalized spacial score (nSPS) is 13.0. The Hall–Kier alpha value is -0.630. The van der Waals surface area contributed by atoms with E-state index in [0.29, 0.717) is 0 Å². The molecule has 1 nitrogen and oxygen atoms in total. The zero-order chi connectivity index (χ0) is 9.56. The molecule has 0 heterocycles. The summed E-state index contributed by atoms with van der Waals surface area (Å²) in [6.45, 7) is 7.98. The van der Waals surface area contributed by atoms with Gasteiger partial charge in [0.05, 0.1) is 0 Å². The van der Waals surface area contributed by atoms with Gasteiger partial charge in [0.25, 0.3) is 0 Å². The summed E-state index contributed by atoms with van der Waals surface area (Å²) >= 11 is 4.26. The number of hydrogen-bond donors (Lipinski definition) is 2. The molecular formula is C10H17NS. The molecule has 0 rings (SSSR count). The van der Waals surface area contributed by atoms with Gasteiger partial charge in [0.2, 0.25) is 0 Å². The van der Waals surface area contributed by atoms with E-state index in [1.807, 2.05) is 26.1 Å². The first-order chi connectivity index (χ1) is 5.65. The predicted molar refractivity (Wildman–Crippen MR) is 59.3 cm³/mol. The van der Waals surface area contributed by atoms with Gasteiger partial charge in [-0.25, -0.2) is 0 Å². The lowest BCUT2D eigenvalue weighted by Gasteiger charge is -2.07. The fourth-order valence-electron chi connectivity index (χ4n) is 0.773. The van der Waals surface area contributed by atoms with Crippen LogP contribution in [0.3, 0.4) is 0 Å². The lowest BCUT2D eigenvalue weighted by molar-refractivity contribution is 0.958. The van der Waals surface area contributed by atoms with Crippen LogP contribution in [0.25, 0.3) is 0 Å². The van der Waals surface area contributed by atoms with Gasteiger partial charge in [-0.15, -0.1) is 12.6 Å². The van der Waals surface area contributed by atoms with Crippen LogP contribution in [0.5, 0.6) is 0 Å². The van der Waals surface area contributed by atoms with Crippen LogP contribution in [-0.4, -0.2) is 7.05 Å². The molecule has 0 saturated carbocycles. The minimum atomic E-state index is 0.953. The summed E-state index contributed by atoms with van der Waals surface area (Å²) in [6.07, 6.45) is 4.88. The second-order valence-electron chi connectivity index (χ2n) is 2.48. The zero-order valence-corrected chi connectivity index (χ0v) is 8.91. The maximum Gasteiger partial charge on any atom is 0.0375 e. The number of thiol groups is 1. The van der Waals surface area contributed by atoms with Crippen LogP contribution in [0.2, 0.25) is 0 Å². The highest BCUT2D eigenvalue weighted by Gasteiger charge is 1.96. The van der Waals surface area contributed by atoms with Crippen molar-refractivity contribution in [2.24, 2.45) is 0 Å². The molecular weight excluding hydrogens is 166 g/mol. The zero-order valence-electron chi connectivity index (χ0n) is 8.02. The van der Waals surface area contributed by atoms with E-state index in [1.165, 1.54) is 0 Å². The highest BCUT2D eigenvalue weighted by atomic mass is 32.1. The molecule has 0 atom stereocenters. The Labute approximate surface area is 80.7 Å². The summed E-state index contributed by atoms with van der Waals surface area (Å²) in [7, 11) is 1.89. The minimum Gasteiger partial charge on any atom is -0.388 e. The Balaban J connectivity index is 4.54. The van der Waals surface area contributed by atoms with Crippen molar-refractivity contribution in [1.82, 2.24) is 5.32 Å². The van der Waals surface area contributed by atoms with Crippen molar-refractivity contribution in [2.45, 2.75) is 20.3 Å². The second-order valence-corrected chi connectivity index (χ2v) is 3.00.